The molecular weight excluding hydrogens is 382 g/mol. The third-order valence-corrected chi connectivity index (χ3v) is 5.26. The number of hydrogen-bond acceptors (Lipinski definition) is 6. The maximum Gasteiger partial charge on any atom is 0.278 e. The van der Waals surface area contributed by atoms with Crippen molar-refractivity contribution in [2.45, 2.75) is 39.2 Å². The van der Waals surface area contributed by atoms with Gasteiger partial charge in [0.15, 0.2) is 0 Å². The summed E-state index contributed by atoms with van der Waals surface area (Å²) in [5, 5.41) is 13.8. The molecule has 0 aliphatic carbocycles. The van der Waals surface area contributed by atoms with Crippen molar-refractivity contribution in [1.82, 2.24) is 24.1 Å². The summed E-state index contributed by atoms with van der Waals surface area (Å²) < 4.78 is 8.70. The number of aromatic nitrogens is 5. The number of aliphatic hydroxyl groups excluding tert-OH is 1. The molecule has 0 aliphatic rings. The normalized spacial score (nSPS) is 14.0. The quantitative estimate of drug-likeness (QED) is 0.550. The standard InChI is InChI=1S/C19H20ClN5O3/c1-4-11(3)25-14-7-12(20)5-6-13(14)24-9-21-15(16(24)19(25)27)17-22-18(28-23-17)10(2)8-26/h5-7,9-11,26H,4,8H2,1-3H3. The number of benzene rings is 1. The van der Waals surface area contributed by atoms with Gasteiger partial charge in [0.05, 0.1) is 23.6 Å². The van der Waals surface area contributed by atoms with Crippen molar-refractivity contribution in [2.75, 3.05) is 6.61 Å². The van der Waals surface area contributed by atoms with Crippen molar-refractivity contribution in [2.24, 2.45) is 0 Å². The number of rotatable bonds is 5. The van der Waals surface area contributed by atoms with Gasteiger partial charge in [-0.3, -0.25) is 9.20 Å². The van der Waals surface area contributed by atoms with Crippen LogP contribution in [0.25, 0.3) is 28.1 Å². The molecule has 146 valence electrons. The minimum atomic E-state index is -0.296. The van der Waals surface area contributed by atoms with E-state index in [1.807, 2.05) is 19.9 Å². The zero-order valence-corrected chi connectivity index (χ0v) is 16.5. The van der Waals surface area contributed by atoms with E-state index in [0.717, 1.165) is 17.5 Å². The molecule has 0 amide bonds. The fraction of sp³-hybridized carbons (Fsp3) is 0.368. The number of aliphatic hydroxyl groups is 1. The van der Waals surface area contributed by atoms with Gasteiger partial charge in [-0.05, 0) is 31.5 Å². The van der Waals surface area contributed by atoms with Crippen LogP contribution < -0.4 is 5.56 Å². The first-order chi connectivity index (χ1) is 13.5. The van der Waals surface area contributed by atoms with Gasteiger partial charge in [-0.15, -0.1) is 0 Å². The Morgan fingerprint density at radius 1 is 1.29 bits per heavy atom. The molecule has 0 saturated carbocycles. The first-order valence-corrected chi connectivity index (χ1v) is 9.49. The highest BCUT2D eigenvalue weighted by Gasteiger charge is 2.23. The van der Waals surface area contributed by atoms with Gasteiger partial charge in [-0.1, -0.05) is 30.6 Å². The Labute approximate surface area is 165 Å². The lowest BCUT2D eigenvalue weighted by Crippen LogP contribution is -2.25. The highest BCUT2D eigenvalue weighted by Crippen LogP contribution is 2.27. The predicted molar refractivity (Wildman–Crippen MR) is 106 cm³/mol. The van der Waals surface area contributed by atoms with Crippen LogP contribution in [0, 0.1) is 0 Å². The Morgan fingerprint density at radius 2 is 2.07 bits per heavy atom. The molecule has 1 aromatic carbocycles. The summed E-state index contributed by atoms with van der Waals surface area (Å²) >= 11 is 6.20. The van der Waals surface area contributed by atoms with E-state index in [4.69, 9.17) is 16.1 Å². The number of fused-ring (bicyclic) bond motifs is 3. The van der Waals surface area contributed by atoms with E-state index in [2.05, 4.69) is 15.1 Å². The molecule has 1 N–H and O–H groups in total. The average Bonchev–Trinajstić information content (AvgIpc) is 3.34. The minimum absolute atomic E-state index is 0.0311. The fourth-order valence-electron chi connectivity index (χ4n) is 3.25. The van der Waals surface area contributed by atoms with Crippen LogP contribution in [0.1, 0.15) is 45.0 Å². The van der Waals surface area contributed by atoms with Gasteiger partial charge in [0.1, 0.15) is 17.5 Å². The zero-order valence-electron chi connectivity index (χ0n) is 15.8. The molecular formula is C19H20ClN5O3. The lowest BCUT2D eigenvalue weighted by atomic mass is 10.2. The van der Waals surface area contributed by atoms with E-state index in [-0.39, 0.29) is 30.0 Å². The number of imidazole rings is 1. The molecule has 4 aromatic rings. The van der Waals surface area contributed by atoms with Gasteiger partial charge in [0, 0.05) is 11.1 Å². The molecule has 0 aliphatic heterocycles. The fourth-order valence-corrected chi connectivity index (χ4v) is 3.41. The molecule has 2 atom stereocenters. The first kappa shape index (κ1) is 18.6. The molecule has 0 bridgehead atoms. The van der Waals surface area contributed by atoms with Crippen LogP contribution in [0.4, 0.5) is 0 Å². The van der Waals surface area contributed by atoms with Crippen LogP contribution in [0.2, 0.25) is 5.02 Å². The van der Waals surface area contributed by atoms with E-state index in [9.17, 15) is 9.90 Å². The van der Waals surface area contributed by atoms with Crippen LogP contribution >= 0.6 is 11.6 Å². The van der Waals surface area contributed by atoms with E-state index in [0.29, 0.717) is 22.1 Å². The summed E-state index contributed by atoms with van der Waals surface area (Å²) in [6, 6.07) is 5.41. The van der Waals surface area contributed by atoms with Gasteiger partial charge >= 0.3 is 0 Å². The lowest BCUT2D eigenvalue weighted by molar-refractivity contribution is 0.242. The Bertz CT molecular complexity index is 1230. The molecule has 0 spiro atoms. The van der Waals surface area contributed by atoms with Crippen molar-refractivity contribution >= 4 is 28.2 Å². The maximum absolute atomic E-state index is 13.4. The highest BCUT2D eigenvalue weighted by molar-refractivity contribution is 6.31. The van der Waals surface area contributed by atoms with Crippen molar-refractivity contribution in [3.05, 3.63) is 45.8 Å². The van der Waals surface area contributed by atoms with E-state index in [1.165, 1.54) is 0 Å². The summed E-state index contributed by atoms with van der Waals surface area (Å²) in [5.74, 6) is 0.224. The molecule has 0 saturated heterocycles. The second-order valence-corrected chi connectivity index (χ2v) is 7.35. The number of nitrogens with zero attached hydrogens (tertiary/aromatic N) is 5. The Morgan fingerprint density at radius 3 is 2.79 bits per heavy atom. The molecule has 8 nitrogen and oxygen atoms in total. The van der Waals surface area contributed by atoms with Crippen LogP contribution in [0.5, 0.6) is 0 Å². The SMILES string of the molecule is CCC(C)n1c(=O)c2c(-c3noc(C(C)CO)n3)ncn2c2ccc(Cl)cc21. The molecule has 9 heteroatoms. The van der Waals surface area contributed by atoms with Gasteiger partial charge in [-0.25, -0.2) is 4.98 Å². The summed E-state index contributed by atoms with van der Waals surface area (Å²) in [6.45, 7) is 5.67. The maximum atomic E-state index is 13.4. The van der Waals surface area contributed by atoms with Gasteiger partial charge in [-0.2, -0.15) is 4.98 Å². The summed E-state index contributed by atoms with van der Waals surface area (Å²) in [5.41, 5.74) is 2.08. The van der Waals surface area contributed by atoms with Crippen LogP contribution in [0.15, 0.2) is 33.8 Å². The van der Waals surface area contributed by atoms with Crippen molar-refractivity contribution in [3.63, 3.8) is 0 Å². The van der Waals surface area contributed by atoms with Crippen LogP contribution in [-0.4, -0.2) is 35.8 Å². The largest absolute Gasteiger partial charge is 0.396 e. The molecule has 2 unspecified atom stereocenters. The third kappa shape index (κ3) is 2.80. The molecule has 0 radical (unpaired) electrons. The Hall–Kier alpha value is -2.71. The number of halogens is 1. The van der Waals surface area contributed by atoms with Crippen molar-refractivity contribution < 1.29 is 9.63 Å². The first-order valence-electron chi connectivity index (χ1n) is 9.11. The molecule has 3 heterocycles. The molecule has 3 aromatic heterocycles. The average molecular weight is 402 g/mol. The minimum Gasteiger partial charge on any atom is -0.396 e. The van der Waals surface area contributed by atoms with Gasteiger partial charge in [0.25, 0.3) is 5.56 Å². The predicted octanol–water partition coefficient (Wildman–Crippen LogP) is 3.42. The third-order valence-electron chi connectivity index (χ3n) is 5.03. The Kier molecular flexibility index (Phi) is 4.68. The lowest BCUT2D eigenvalue weighted by Gasteiger charge is -2.18. The molecule has 4 rings (SSSR count). The van der Waals surface area contributed by atoms with Gasteiger partial charge in [0.2, 0.25) is 11.7 Å². The monoisotopic (exact) mass is 401 g/mol. The highest BCUT2D eigenvalue weighted by atomic mass is 35.5. The van der Waals surface area contributed by atoms with Crippen molar-refractivity contribution in [1.29, 1.82) is 0 Å². The summed E-state index contributed by atoms with van der Waals surface area (Å²) in [4.78, 5) is 22.2. The summed E-state index contributed by atoms with van der Waals surface area (Å²) in [6.07, 6.45) is 2.36. The van der Waals surface area contributed by atoms with Crippen molar-refractivity contribution in [3.8, 4) is 11.5 Å². The van der Waals surface area contributed by atoms with Crippen LogP contribution in [0.3, 0.4) is 0 Å². The van der Waals surface area contributed by atoms with E-state index >= 15 is 0 Å². The Balaban J connectivity index is 2.05. The second kappa shape index (κ2) is 7.03. The smallest absolute Gasteiger partial charge is 0.278 e. The van der Waals surface area contributed by atoms with E-state index in [1.54, 1.807) is 34.4 Å². The van der Waals surface area contributed by atoms with E-state index < -0.39 is 0 Å². The summed E-state index contributed by atoms with van der Waals surface area (Å²) in [7, 11) is 0. The zero-order chi connectivity index (χ0) is 20.0. The van der Waals surface area contributed by atoms with Crippen LogP contribution in [-0.2, 0) is 0 Å². The topological polar surface area (TPSA) is 98.5 Å². The van der Waals surface area contributed by atoms with Gasteiger partial charge < -0.3 is 14.2 Å². The number of hydrogen-bond donors (Lipinski definition) is 1. The molecule has 28 heavy (non-hydrogen) atoms. The molecule has 0 fully saturated rings. The second-order valence-electron chi connectivity index (χ2n) is 6.92.